The molecule has 1 unspecified atom stereocenters. The monoisotopic (exact) mass is 375 g/mol. The summed E-state index contributed by atoms with van der Waals surface area (Å²) in [6.45, 7) is 4.91. The van der Waals surface area contributed by atoms with Crippen molar-refractivity contribution in [3.8, 4) is 0 Å². The van der Waals surface area contributed by atoms with Gasteiger partial charge in [0.2, 0.25) is 0 Å². The predicted molar refractivity (Wildman–Crippen MR) is 83.1 cm³/mol. The molecule has 1 heterocycles. The molecule has 96 valence electrons. The number of halogens is 2. The van der Waals surface area contributed by atoms with E-state index in [1.165, 1.54) is 3.57 Å². The second-order valence-electron chi connectivity index (χ2n) is 4.10. The summed E-state index contributed by atoms with van der Waals surface area (Å²) in [6, 6.07) is 9.97. The van der Waals surface area contributed by atoms with Gasteiger partial charge in [-0.05, 0) is 72.0 Å². The Morgan fingerprint density at radius 1 is 1.33 bits per heavy atom. The number of aryl methyl sites for hydroxylation is 1. The third-order valence-corrected chi connectivity index (χ3v) is 3.94. The number of benzene rings is 1. The number of furan rings is 1. The van der Waals surface area contributed by atoms with Crippen LogP contribution in [0.1, 0.15) is 30.0 Å². The molecule has 4 heteroatoms. The zero-order chi connectivity index (χ0) is 13.1. The molecule has 0 spiro atoms. The Labute approximate surface area is 126 Å². The smallest absolute Gasteiger partial charge is 0.125 e. The molecule has 1 N–H and O–H groups in total. The van der Waals surface area contributed by atoms with Gasteiger partial charge in [0.15, 0.2) is 0 Å². The summed E-state index contributed by atoms with van der Waals surface area (Å²) < 4.78 is 6.92. The Hall–Kier alpha value is -0.520. The van der Waals surface area contributed by atoms with E-state index >= 15 is 0 Å². The van der Waals surface area contributed by atoms with Crippen LogP contribution in [-0.4, -0.2) is 6.54 Å². The minimum atomic E-state index is 0.0503. The molecule has 0 saturated carbocycles. The van der Waals surface area contributed by atoms with Crippen molar-refractivity contribution in [2.45, 2.75) is 19.9 Å². The van der Waals surface area contributed by atoms with Crippen molar-refractivity contribution in [1.82, 2.24) is 5.32 Å². The highest BCUT2D eigenvalue weighted by atomic mass is 127. The summed E-state index contributed by atoms with van der Waals surface area (Å²) in [5.74, 6) is 1.85. The van der Waals surface area contributed by atoms with Crippen molar-refractivity contribution in [2.24, 2.45) is 0 Å². The summed E-state index contributed by atoms with van der Waals surface area (Å²) in [7, 11) is 0. The molecular formula is C14H15ClINO. The number of nitrogens with one attached hydrogen (secondary N) is 1. The van der Waals surface area contributed by atoms with E-state index in [-0.39, 0.29) is 6.04 Å². The van der Waals surface area contributed by atoms with Crippen molar-refractivity contribution in [3.63, 3.8) is 0 Å². The zero-order valence-electron chi connectivity index (χ0n) is 10.3. The molecule has 2 nitrogen and oxygen atoms in total. The minimum Gasteiger partial charge on any atom is -0.464 e. The lowest BCUT2D eigenvalue weighted by atomic mass is 10.0. The first kappa shape index (κ1) is 13.9. The highest BCUT2D eigenvalue weighted by Gasteiger charge is 2.19. The fourth-order valence-electron chi connectivity index (χ4n) is 1.91. The summed E-state index contributed by atoms with van der Waals surface area (Å²) in [6.07, 6.45) is 0. The average molecular weight is 376 g/mol. The molecule has 0 aliphatic carbocycles. The Bertz CT molecular complexity index is 538. The Morgan fingerprint density at radius 2 is 2.11 bits per heavy atom. The van der Waals surface area contributed by atoms with E-state index in [2.05, 4.69) is 34.8 Å². The first-order chi connectivity index (χ1) is 8.61. The Balaban J connectivity index is 2.44. The Morgan fingerprint density at radius 3 is 2.72 bits per heavy atom. The number of hydrogen-bond acceptors (Lipinski definition) is 2. The van der Waals surface area contributed by atoms with Crippen LogP contribution in [0.5, 0.6) is 0 Å². The van der Waals surface area contributed by atoms with E-state index in [1.807, 2.05) is 37.3 Å². The Kier molecular flexibility index (Phi) is 4.70. The first-order valence-corrected chi connectivity index (χ1v) is 7.32. The zero-order valence-corrected chi connectivity index (χ0v) is 13.2. The van der Waals surface area contributed by atoms with Gasteiger partial charge < -0.3 is 9.73 Å². The molecule has 0 aliphatic heterocycles. The van der Waals surface area contributed by atoms with Crippen molar-refractivity contribution >= 4 is 34.2 Å². The lowest BCUT2D eigenvalue weighted by Crippen LogP contribution is -2.22. The second kappa shape index (κ2) is 6.08. The van der Waals surface area contributed by atoms with Gasteiger partial charge in [0.1, 0.15) is 11.5 Å². The summed E-state index contributed by atoms with van der Waals surface area (Å²) in [4.78, 5) is 0. The van der Waals surface area contributed by atoms with Gasteiger partial charge in [-0.3, -0.25) is 0 Å². The molecule has 0 radical (unpaired) electrons. The molecule has 1 aromatic heterocycles. The highest BCUT2D eigenvalue weighted by molar-refractivity contribution is 14.1. The van der Waals surface area contributed by atoms with E-state index in [0.29, 0.717) is 0 Å². The topological polar surface area (TPSA) is 25.2 Å². The van der Waals surface area contributed by atoms with Gasteiger partial charge in [-0.25, -0.2) is 0 Å². The molecule has 1 atom stereocenters. The van der Waals surface area contributed by atoms with Gasteiger partial charge in [0.05, 0.1) is 6.04 Å². The second-order valence-corrected chi connectivity index (χ2v) is 5.70. The van der Waals surface area contributed by atoms with Crippen LogP contribution in [-0.2, 0) is 0 Å². The van der Waals surface area contributed by atoms with E-state index in [4.69, 9.17) is 16.0 Å². The fraction of sp³-hybridized carbons (Fsp3) is 0.286. The van der Waals surface area contributed by atoms with Crippen LogP contribution in [0.2, 0.25) is 5.02 Å². The first-order valence-electron chi connectivity index (χ1n) is 5.86. The molecule has 18 heavy (non-hydrogen) atoms. The van der Waals surface area contributed by atoms with E-state index in [1.54, 1.807) is 0 Å². The lowest BCUT2D eigenvalue weighted by molar-refractivity contribution is 0.434. The van der Waals surface area contributed by atoms with Gasteiger partial charge in [0.25, 0.3) is 0 Å². The maximum atomic E-state index is 6.09. The van der Waals surface area contributed by atoms with Crippen LogP contribution in [0.4, 0.5) is 0 Å². The van der Waals surface area contributed by atoms with Crippen LogP contribution in [0.25, 0.3) is 0 Å². The normalized spacial score (nSPS) is 12.7. The van der Waals surface area contributed by atoms with Gasteiger partial charge in [-0.1, -0.05) is 18.5 Å². The lowest BCUT2D eigenvalue weighted by Gasteiger charge is -2.18. The maximum Gasteiger partial charge on any atom is 0.125 e. The number of rotatable bonds is 4. The molecule has 0 fully saturated rings. The molecule has 0 bridgehead atoms. The van der Waals surface area contributed by atoms with Gasteiger partial charge in [-0.15, -0.1) is 0 Å². The van der Waals surface area contributed by atoms with Crippen LogP contribution < -0.4 is 5.32 Å². The summed E-state index contributed by atoms with van der Waals surface area (Å²) >= 11 is 8.42. The van der Waals surface area contributed by atoms with Crippen molar-refractivity contribution in [2.75, 3.05) is 6.54 Å². The van der Waals surface area contributed by atoms with Crippen molar-refractivity contribution in [3.05, 3.63) is 56.0 Å². The molecular weight excluding hydrogens is 361 g/mol. The van der Waals surface area contributed by atoms with Crippen LogP contribution in [0, 0.1) is 10.5 Å². The van der Waals surface area contributed by atoms with Gasteiger partial charge >= 0.3 is 0 Å². The van der Waals surface area contributed by atoms with Gasteiger partial charge in [-0.2, -0.15) is 0 Å². The molecule has 0 amide bonds. The predicted octanol–water partition coefficient (Wildman–Crippen LogP) is 4.54. The van der Waals surface area contributed by atoms with E-state index < -0.39 is 0 Å². The third-order valence-electron chi connectivity index (χ3n) is 2.72. The van der Waals surface area contributed by atoms with Crippen molar-refractivity contribution < 1.29 is 4.42 Å². The molecule has 2 rings (SSSR count). The van der Waals surface area contributed by atoms with Gasteiger partial charge in [0, 0.05) is 8.59 Å². The van der Waals surface area contributed by atoms with Crippen LogP contribution >= 0.6 is 34.2 Å². The molecule has 2 aromatic rings. The highest BCUT2D eigenvalue weighted by Crippen LogP contribution is 2.29. The van der Waals surface area contributed by atoms with Crippen LogP contribution in [0.15, 0.2) is 34.7 Å². The fourth-order valence-corrected chi connectivity index (χ4v) is 2.74. The number of hydrogen-bond donors (Lipinski definition) is 1. The SMILES string of the molecule is CCNC(c1ccc(C)o1)c1cc(Cl)ccc1I. The standard InChI is InChI=1S/C14H15ClINO/c1-3-17-14(13-7-4-9(2)18-13)11-8-10(15)5-6-12(11)16/h4-8,14,17H,3H2,1-2H3. The quantitative estimate of drug-likeness (QED) is 0.793. The van der Waals surface area contributed by atoms with E-state index in [9.17, 15) is 0 Å². The van der Waals surface area contributed by atoms with Crippen LogP contribution in [0.3, 0.4) is 0 Å². The summed E-state index contributed by atoms with van der Waals surface area (Å²) in [5, 5.41) is 4.19. The largest absolute Gasteiger partial charge is 0.464 e. The maximum absolute atomic E-state index is 6.09. The third kappa shape index (κ3) is 3.08. The molecule has 0 saturated heterocycles. The molecule has 0 aliphatic rings. The average Bonchev–Trinajstić information content (AvgIpc) is 2.76. The summed E-state index contributed by atoms with van der Waals surface area (Å²) in [5.41, 5.74) is 1.15. The van der Waals surface area contributed by atoms with Crippen molar-refractivity contribution in [1.29, 1.82) is 0 Å². The minimum absolute atomic E-state index is 0.0503. The van der Waals surface area contributed by atoms with E-state index in [0.717, 1.165) is 28.7 Å². The molecule has 1 aromatic carbocycles.